The van der Waals surface area contributed by atoms with Gasteiger partial charge in [-0.15, -0.1) is 0 Å². The monoisotopic (exact) mass is 195 g/mol. The molecule has 0 aliphatic heterocycles. The maximum Gasteiger partial charge on any atom is 0.149 e. The zero-order valence-electron chi connectivity index (χ0n) is 9.17. The van der Waals surface area contributed by atoms with Crippen molar-refractivity contribution >= 4 is 5.78 Å². The van der Waals surface area contributed by atoms with E-state index in [4.69, 9.17) is 0 Å². The highest BCUT2D eigenvalue weighted by atomic mass is 16.1. The Labute approximate surface area is 86.7 Å². The van der Waals surface area contributed by atoms with Gasteiger partial charge in [0.15, 0.2) is 0 Å². The molecule has 0 aromatic rings. The van der Waals surface area contributed by atoms with Crippen LogP contribution in [0.3, 0.4) is 0 Å². The first-order valence-corrected chi connectivity index (χ1v) is 6.04. The van der Waals surface area contributed by atoms with Gasteiger partial charge in [-0.2, -0.15) is 0 Å². The number of Topliss-reactive ketones (excluding diaryl/α,β-unsaturated/α-hetero) is 1. The van der Waals surface area contributed by atoms with Crippen molar-refractivity contribution in [2.45, 2.75) is 39.0 Å². The normalized spacial score (nSPS) is 22.4. The van der Waals surface area contributed by atoms with Crippen LogP contribution < -0.4 is 0 Å². The third kappa shape index (κ3) is 2.57. The quantitative estimate of drug-likeness (QED) is 0.647. The first-order valence-electron chi connectivity index (χ1n) is 6.04. The number of nitrogens with zero attached hydrogens (tertiary/aromatic N) is 1. The fourth-order valence-electron chi connectivity index (χ4n) is 2.10. The largest absolute Gasteiger partial charge is 0.298 e. The number of hydrogen-bond donors (Lipinski definition) is 0. The highest BCUT2D eigenvalue weighted by Gasteiger charge is 2.30. The van der Waals surface area contributed by atoms with Gasteiger partial charge in [-0.1, -0.05) is 13.3 Å². The second-order valence-corrected chi connectivity index (χ2v) is 4.87. The summed E-state index contributed by atoms with van der Waals surface area (Å²) >= 11 is 0. The van der Waals surface area contributed by atoms with Gasteiger partial charge in [-0.25, -0.2) is 0 Å². The number of carbonyl (C=O) groups is 1. The van der Waals surface area contributed by atoms with E-state index in [1.54, 1.807) is 0 Å². The van der Waals surface area contributed by atoms with E-state index in [2.05, 4.69) is 11.8 Å². The molecule has 2 aliphatic rings. The zero-order chi connectivity index (χ0) is 9.97. The summed E-state index contributed by atoms with van der Waals surface area (Å²) < 4.78 is 0. The molecule has 0 atom stereocenters. The molecule has 80 valence electrons. The molecule has 0 aromatic carbocycles. The number of carbonyl (C=O) groups excluding carboxylic acids is 1. The second-order valence-electron chi connectivity index (χ2n) is 4.87. The molecule has 2 aliphatic carbocycles. The Kier molecular flexibility index (Phi) is 3.22. The predicted octanol–water partition coefficient (Wildman–Crippen LogP) is 2.09. The summed E-state index contributed by atoms with van der Waals surface area (Å²) in [5, 5.41) is 0. The van der Waals surface area contributed by atoms with Crippen molar-refractivity contribution in [1.82, 2.24) is 4.90 Å². The van der Waals surface area contributed by atoms with Crippen LogP contribution in [0.25, 0.3) is 0 Å². The summed E-state index contributed by atoms with van der Waals surface area (Å²) in [6.45, 7) is 5.08. The van der Waals surface area contributed by atoms with Gasteiger partial charge >= 0.3 is 0 Å². The summed E-state index contributed by atoms with van der Waals surface area (Å²) in [5.41, 5.74) is 0. The Morgan fingerprint density at radius 1 is 1.29 bits per heavy atom. The van der Waals surface area contributed by atoms with Crippen molar-refractivity contribution < 1.29 is 4.79 Å². The maximum atomic E-state index is 11.6. The third-order valence-electron chi connectivity index (χ3n) is 3.60. The van der Waals surface area contributed by atoms with Gasteiger partial charge in [0, 0.05) is 12.5 Å². The molecule has 2 nitrogen and oxygen atoms in total. The molecule has 0 bridgehead atoms. The minimum Gasteiger partial charge on any atom is -0.298 e. The van der Waals surface area contributed by atoms with Gasteiger partial charge < -0.3 is 0 Å². The molecule has 0 amide bonds. The third-order valence-corrected chi connectivity index (χ3v) is 3.60. The van der Waals surface area contributed by atoms with E-state index >= 15 is 0 Å². The summed E-state index contributed by atoms with van der Waals surface area (Å²) in [6, 6.07) is 0. The number of rotatable bonds is 6. The molecule has 0 heterocycles. The van der Waals surface area contributed by atoms with Gasteiger partial charge in [0.1, 0.15) is 5.78 Å². The topological polar surface area (TPSA) is 20.3 Å². The van der Waals surface area contributed by atoms with E-state index in [0.717, 1.165) is 38.4 Å². The highest BCUT2D eigenvalue weighted by Crippen LogP contribution is 2.31. The fraction of sp³-hybridized carbons (Fsp3) is 0.917. The summed E-state index contributed by atoms with van der Waals surface area (Å²) in [4.78, 5) is 14.0. The summed E-state index contributed by atoms with van der Waals surface area (Å²) in [7, 11) is 0. The molecule has 0 radical (unpaired) electrons. The molecule has 0 aromatic heterocycles. The van der Waals surface area contributed by atoms with Crippen LogP contribution in [0.15, 0.2) is 0 Å². The smallest absolute Gasteiger partial charge is 0.149 e. The molecule has 2 rings (SSSR count). The van der Waals surface area contributed by atoms with E-state index in [-0.39, 0.29) is 0 Å². The number of hydrogen-bond acceptors (Lipinski definition) is 2. The predicted molar refractivity (Wildman–Crippen MR) is 57.2 cm³/mol. The minimum absolute atomic E-state index is 0.436. The van der Waals surface area contributed by atoms with E-state index in [1.807, 2.05) is 0 Å². The van der Waals surface area contributed by atoms with E-state index in [9.17, 15) is 4.79 Å². The number of likely N-dealkylation sites (N-methyl/N-ethyl adjacent to an activating group) is 1. The average molecular weight is 195 g/mol. The van der Waals surface area contributed by atoms with Crippen LogP contribution in [-0.2, 0) is 4.79 Å². The van der Waals surface area contributed by atoms with Gasteiger partial charge in [0.05, 0.1) is 6.54 Å². The van der Waals surface area contributed by atoms with Crippen LogP contribution in [0, 0.1) is 11.8 Å². The van der Waals surface area contributed by atoms with Gasteiger partial charge in [-0.05, 0) is 38.1 Å². The average Bonchev–Trinajstić information content (AvgIpc) is 2.91. The van der Waals surface area contributed by atoms with Crippen LogP contribution in [0.5, 0.6) is 0 Å². The molecule has 2 saturated carbocycles. The van der Waals surface area contributed by atoms with Gasteiger partial charge in [-0.3, -0.25) is 9.69 Å². The molecule has 0 N–H and O–H groups in total. The van der Waals surface area contributed by atoms with Gasteiger partial charge in [0.25, 0.3) is 0 Å². The molecule has 2 heteroatoms. The lowest BCUT2D eigenvalue weighted by molar-refractivity contribution is -0.121. The Bertz CT molecular complexity index is 206. The highest BCUT2D eigenvalue weighted by molar-refractivity contribution is 5.84. The standard InChI is InChI=1S/C12H21NO/c1-2-13(8-10-4-3-5-10)9-12(14)11-6-7-11/h10-11H,2-9H2,1H3. The number of ketones is 1. The lowest BCUT2D eigenvalue weighted by atomic mass is 9.85. The van der Waals surface area contributed by atoms with Crippen LogP contribution in [0.1, 0.15) is 39.0 Å². The maximum absolute atomic E-state index is 11.6. The molecule has 14 heavy (non-hydrogen) atoms. The minimum atomic E-state index is 0.436. The van der Waals surface area contributed by atoms with Crippen molar-refractivity contribution in [3.8, 4) is 0 Å². The van der Waals surface area contributed by atoms with Crippen LogP contribution in [0.4, 0.5) is 0 Å². The molecule has 0 unspecified atom stereocenters. The Morgan fingerprint density at radius 2 is 2.00 bits per heavy atom. The Hall–Kier alpha value is -0.370. The van der Waals surface area contributed by atoms with E-state index in [1.165, 1.54) is 19.3 Å². The molecule has 2 fully saturated rings. The fourth-order valence-corrected chi connectivity index (χ4v) is 2.10. The molecule has 0 saturated heterocycles. The zero-order valence-corrected chi connectivity index (χ0v) is 9.17. The Balaban J connectivity index is 1.70. The molecular formula is C12H21NO. The first kappa shape index (κ1) is 10.2. The van der Waals surface area contributed by atoms with E-state index < -0.39 is 0 Å². The lowest BCUT2D eigenvalue weighted by Gasteiger charge is -2.31. The molecular weight excluding hydrogens is 174 g/mol. The summed E-state index contributed by atoms with van der Waals surface area (Å²) in [6.07, 6.45) is 6.47. The molecule has 0 spiro atoms. The van der Waals surface area contributed by atoms with E-state index in [0.29, 0.717) is 11.7 Å². The lowest BCUT2D eigenvalue weighted by Crippen LogP contribution is -2.36. The van der Waals surface area contributed by atoms with Crippen molar-refractivity contribution in [1.29, 1.82) is 0 Å². The van der Waals surface area contributed by atoms with Crippen LogP contribution in [0.2, 0.25) is 0 Å². The Morgan fingerprint density at radius 3 is 2.43 bits per heavy atom. The second kappa shape index (κ2) is 4.43. The van der Waals surface area contributed by atoms with Crippen molar-refractivity contribution in [2.24, 2.45) is 11.8 Å². The first-order chi connectivity index (χ1) is 6.79. The summed E-state index contributed by atoms with van der Waals surface area (Å²) in [5.74, 6) is 1.82. The SMILES string of the molecule is CCN(CC(=O)C1CC1)CC1CCC1. The van der Waals surface area contributed by atoms with Crippen molar-refractivity contribution in [3.63, 3.8) is 0 Å². The van der Waals surface area contributed by atoms with Crippen molar-refractivity contribution in [3.05, 3.63) is 0 Å². The van der Waals surface area contributed by atoms with Crippen molar-refractivity contribution in [2.75, 3.05) is 19.6 Å². The van der Waals surface area contributed by atoms with Crippen LogP contribution in [-0.4, -0.2) is 30.3 Å². The van der Waals surface area contributed by atoms with Crippen LogP contribution >= 0.6 is 0 Å². The van der Waals surface area contributed by atoms with Gasteiger partial charge in [0.2, 0.25) is 0 Å².